The van der Waals surface area contributed by atoms with Gasteiger partial charge in [0.1, 0.15) is 12.1 Å². The minimum absolute atomic E-state index is 0.172. The van der Waals surface area contributed by atoms with E-state index in [-0.39, 0.29) is 12.0 Å². The third-order valence-corrected chi connectivity index (χ3v) is 5.16. The number of carbonyl (C=O) groups excluding carboxylic acids is 1. The summed E-state index contributed by atoms with van der Waals surface area (Å²) in [6.45, 7) is 2.52. The minimum Gasteiger partial charge on any atom is -0.456 e. The molecule has 0 N–H and O–H groups in total. The fraction of sp³-hybridized carbons (Fsp3) is 0.458. The van der Waals surface area contributed by atoms with Crippen LogP contribution in [0.15, 0.2) is 60.7 Å². The maximum atomic E-state index is 12.7. The first-order chi connectivity index (χ1) is 14.2. The van der Waals surface area contributed by atoms with Gasteiger partial charge in [0.05, 0.1) is 26.4 Å². The average Bonchev–Trinajstić information content (AvgIpc) is 2.75. The molecule has 0 aliphatic carbocycles. The van der Waals surface area contributed by atoms with E-state index in [4.69, 9.17) is 14.2 Å². The van der Waals surface area contributed by atoms with Crippen molar-refractivity contribution in [3.8, 4) is 0 Å². The third-order valence-electron chi connectivity index (χ3n) is 5.16. The summed E-state index contributed by atoms with van der Waals surface area (Å²) in [6, 6.07) is 19.8. The summed E-state index contributed by atoms with van der Waals surface area (Å²) in [6.07, 6.45) is 2.61. The summed E-state index contributed by atoms with van der Waals surface area (Å²) in [4.78, 5) is 14.8. The fourth-order valence-electron chi connectivity index (χ4n) is 3.50. The van der Waals surface area contributed by atoms with Gasteiger partial charge < -0.3 is 14.2 Å². The molecule has 5 heteroatoms. The van der Waals surface area contributed by atoms with E-state index in [1.165, 1.54) is 0 Å². The van der Waals surface area contributed by atoms with Gasteiger partial charge in [-0.25, -0.2) is 0 Å². The average molecular weight is 398 g/mol. The van der Waals surface area contributed by atoms with Crippen LogP contribution in [-0.2, 0) is 32.2 Å². The Bertz CT molecular complexity index is 677. The van der Waals surface area contributed by atoms with Gasteiger partial charge in [0.2, 0.25) is 0 Å². The van der Waals surface area contributed by atoms with Crippen molar-refractivity contribution >= 4 is 5.97 Å². The van der Waals surface area contributed by atoms with Crippen LogP contribution in [0.25, 0.3) is 0 Å². The predicted molar refractivity (Wildman–Crippen MR) is 112 cm³/mol. The molecule has 1 fully saturated rings. The maximum absolute atomic E-state index is 12.7. The van der Waals surface area contributed by atoms with E-state index in [0.29, 0.717) is 26.4 Å². The summed E-state index contributed by atoms with van der Waals surface area (Å²) in [5.41, 5.74) is 2.18. The van der Waals surface area contributed by atoms with Crippen molar-refractivity contribution < 1.29 is 19.0 Å². The quantitative estimate of drug-likeness (QED) is 0.571. The zero-order chi connectivity index (χ0) is 20.3. The smallest absolute Gasteiger partial charge is 0.323 e. The van der Waals surface area contributed by atoms with Crippen LogP contribution in [0.1, 0.15) is 30.4 Å². The van der Waals surface area contributed by atoms with Crippen LogP contribution in [0.4, 0.5) is 0 Å². The molecule has 1 aliphatic rings. The highest BCUT2D eigenvalue weighted by Crippen LogP contribution is 2.17. The van der Waals surface area contributed by atoms with Gasteiger partial charge in [0.15, 0.2) is 0 Å². The molecule has 0 bridgehead atoms. The van der Waals surface area contributed by atoms with Gasteiger partial charge in [-0.3, -0.25) is 9.69 Å². The van der Waals surface area contributed by atoms with Crippen molar-refractivity contribution in [3.63, 3.8) is 0 Å². The summed E-state index contributed by atoms with van der Waals surface area (Å²) in [5.74, 6) is -0.177. The molecule has 3 rings (SSSR count). The zero-order valence-electron chi connectivity index (χ0n) is 17.2. The molecular formula is C24H31NO4. The SMILES string of the molecule is CN1CCCC[C@H]1C(=O)OC(COCc1ccccc1)COCc1ccccc1. The monoisotopic (exact) mass is 397 g/mol. The van der Waals surface area contributed by atoms with E-state index in [1.54, 1.807) is 0 Å². The second-order valence-electron chi connectivity index (χ2n) is 7.55. The lowest BCUT2D eigenvalue weighted by Crippen LogP contribution is -2.45. The first-order valence-electron chi connectivity index (χ1n) is 10.4. The number of likely N-dealkylation sites (tertiary alicyclic amines) is 1. The highest BCUT2D eigenvalue weighted by atomic mass is 16.6. The molecule has 0 radical (unpaired) electrons. The molecule has 1 saturated heterocycles. The van der Waals surface area contributed by atoms with Gasteiger partial charge in [-0.05, 0) is 37.6 Å². The molecule has 0 saturated carbocycles. The Morgan fingerprint density at radius 2 is 1.48 bits per heavy atom. The number of carbonyl (C=O) groups is 1. The standard InChI is InChI=1S/C24H31NO4/c1-25-15-9-8-14-23(25)24(26)29-22(18-27-16-20-10-4-2-5-11-20)19-28-17-21-12-6-3-7-13-21/h2-7,10-13,22-23H,8-9,14-19H2,1H3/t23-/m0/s1. The lowest BCUT2D eigenvalue weighted by molar-refractivity contribution is -0.163. The molecule has 2 aromatic carbocycles. The normalized spacial score (nSPS) is 17.4. The Kier molecular flexibility index (Phi) is 8.68. The van der Waals surface area contributed by atoms with E-state index in [9.17, 15) is 4.79 Å². The molecule has 1 aliphatic heterocycles. The van der Waals surface area contributed by atoms with Crippen LogP contribution in [0, 0.1) is 0 Å². The molecule has 29 heavy (non-hydrogen) atoms. The number of esters is 1. The van der Waals surface area contributed by atoms with Gasteiger partial charge in [0.25, 0.3) is 0 Å². The largest absolute Gasteiger partial charge is 0.456 e. The Morgan fingerprint density at radius 1 is 0.931 bits per heavy atom. The van der Waals surface area contributed by atoms with Crippen LogP contribution < -0.4 is 0 Å². The van der Waals surface area contributed by atoms with Gasteiger partial charge in [-0.2, -0.15) is 0 Å². The van der Waals surface area contributed by atoms with E-state index >= 15 is 0 Å². The second-order valence-corrected chi connectivity index (χ2v) is 7.55. The molecule has 0 aromatic heterocycles. The van der Waals surface area contributed by atoms with Crippen molar-refractivity contribution in [1.82, 2.24) is 4.90 Å². The van der Waals surface area contributed by atoms with Crippen molar-refractivity contribution in [3.05, 3.63) is 71.8 Å². The fourth-order valence-corrected chi connectivity index (χ4v) is 3.50. The lowest BCUT2D eigenvalue weighted by atomic mass is 10.0. The van der Waals surface area contributed by atoms with E-state index in [0.717, 1.165) is 36.9 Å². The van der Waals surface area contributed by atoms with Gasteiger partial charge >= 0.3 is 5.97 Å². The number of ether oxygens (including phenoxy) is 3. The molecule has 0 unspecified atom stereocenters. The molecule has 0 amide bonds. The van der Waals surface area contributed by atoms with Crippen molar-refractivity contribution in [2.45, 2.75) is 44.6 Å². The topological polar surface area (TPSA) is 48.0 Å². The molecule has 2 aromatic rings. The number of hydrogen-bond donors (Lipinski definition) is 0. The van der Waals surface area contributed by atoms with Crippen LogP contribution in [-0.4, -0.2) is 49.8 Å². The second kappa shape index (κ2) is 11.7. The maximum Gasteiger partial charge on any atom is 0.323 e. The van der Waals surface area contributed by atoms with Crippen molar-refractivity contribution in [1.29, 1.82) is 0 Å². The van der Waals surface area contributed by atoms with Crippen molar-refractivity contribution in [2.75, 3.05) is 26.8 Å². The van der Waals surface area contributed by atoms with Crippen LogP contribution in [0.3, 0.4) is 0 Å². The Balaban J connectivity index is 1.51. The van der Waals surface area contributed by atoms with Crippen LogP contribution in [0.2, 0.25) is 0 Å². The number of likely N-dealkylation sites (N-methyl/N-ethyl adjacent to an activating group) is 1. The van der Waals surface area contributed by atoms with Gasteiger partial charge in [0, 0.05) is 0 Å². The predicted octanol–water partition coefficient (Wildman–Crippen LogP) is 3.82. The third kappa shape index (κ3) is 7.28. The first kappa shape index (κ1) is 21.5. The lowest BCUT2D eigenvalue weighted by Gasteiger charge is -2.31. The van der Waals surface area contributed by atoms with E-state index in [1.807, 2.05) is 67.7 Å². The summed E-state index contributed by atoms with van der Waals surface area (Å²) >= 11 is 0. The number of piperidine rings is 1. The molecule has 1 atom stereocenters. The van der Waals surface area contributed by atoms with E-state index in [2.05, 4.69) is 4.90 Å². The minimum atomic E-state index is -0.426. The highest BCUT2D eigenvalue weighted by Gasteiger charge is 2.29. The molecular weight excluding hydrogens is 366 g/mol. The van der Waals surface area contributed by atoms with Gasteiger partial charge in [-0.1, -0.05) is 67.1 Å². The Hall–Kier alpha value is -2.21. The highest BCUT2D eigenvalue weighted by molar-refractivity contribution is 5.76. The van der Waals surface area contributed by atoms with Crippen LogP contribution >= 0.6 is 0 Å². The van der Waals surface area contributed by atoms with Gasteiger partial charge in [-0.15, -0.1) is 0 Å². The van der Waals surface area contributed by atoms with E-state index < -0.39 is 6.10 Å². The Morgan fingerprint density at radius 3 is 2.00 bits per heavy atom. The molecule has 5 nitrogen and oxygen atoms in total. The zero-order valence-corrected chi connectivity index (χ0v) is 17.2. The summed E-state index contributed by atoms with van der Waals surface area (Å²) in [7, 11) is 1.98. The number of rotatable bonds is 10. The first-order valence-corrected chi connectivity index (χ1v) is 10.4. The van der Waals surface area contributed by atoms with Crippen molar-refractivity contribution in [2.24, 2.45) is 0 Å². The number of benzene rings is 2. The molecule has 0 spiro atoms. The molecule has 1 heterocycles. The number of nitrogens with zero attached hydrogens (tertiary/aromatic N) is 1. The van der Waals surface area contributed by atoms with Crippen LogP contribution in [0.5, 0.6) is 0 Å². The summed E-state index contributed by atoms with van der Waals surface area (Å²) in [5, 5.41) is 0. The Labute approximate surface area is 173 Å². The summed E-state index contributed by atoms with van der Waals surface area (Å²) < 4.78 is 17.5. The number of hydrogen-bond acceptors (Lipinski definition) is 5. The molecule has 156 valence electrons.